The Bertz CT molecular complexity index is 1540. The van der Waals surface area contributed by atoms with Gasteiger partial charge in [-0.3, -0.25) is 13.9 Å². The summed E-state index contributed by atoms with van der Waals surface area (Å²) in [5.41, 5.74) is 0.778. The number of fused-ring (bicyclic) bond motifs is 1. The molecule has 0 radical (unpaired) electrons. The van der Waals surface area contributed by atoms with E-state index in [1.54, 1.807) is 12.1 Å². The maximum Gasteiger partial charge on any atom is 0.300 e. The monoisotopic (exact) mass is 474 g/mol. The van der Waals surface area contributed by atoms with E-state index in [1.165, 1.54) is 43.3 Å². The Kier molecular flexibility index (Phi) is 5.68. The highest BCUT2D eigenvalue weighted by Crippen LogP contribution is 2.30. The van der Waals surface area contributed by atoms with E-state index < -0.39 is 32.1 Å². The molecule has 0 amide bonds. The van der Waals surface area contributed by atoms with E-state index >= 15 is 0 Å². The Labute approximate surface area is 186 Å². The molecule has 0 saturated heterocycles. The smallest absolute Gasteiger partial charge is 0.300 e. The summed E-state index contributed by atoms with van der Waals surface area (Å²) >= 11 is 0. The molecule has 0 aliphatic rings. The molecule has 0 atom stereocenters. The lowest BCUT2D eigenvalue weighted by Crippen LogP contribution is -2.16. The van der Waals surface area contributed by atoms with Gasteiger partial charge >= 0.3 is 0 Å². The maximum atomic E-state index is 14.1. The van der Waals surface area contributed by atoms with E-state index in [-0.39, 0.29) is 17.3 Å². The molecule has 12 heteroatoms. The first-order valence-corrected chi connectivity index (χ1v) is 10.8. The molecule has 0 saturated carbocycles. The van der Waals surface area contributed by atoms with Crippen LogP contribution in [-0.4, -0.2) is 37.0 Å². The fraction of sp³-hybridized carbons (Fsp3) is 0.0952. The molecule has 0 aliphatic carbocycles. The third-order valence-electron chi connectivity index (χ3n) is 4.70. The highest BCUT2D eigenvalue weighted by atomic mass is 32.2. The van der Waals surface area contributed by atoms with Gasteiger partial charge in [0.1, 0.15) is 27.9 Å². The molecule has 4 aromatic rings. The van der Waals surface area contributed by atoms with E-state index in [4.69, 9.17) is 9.47 Å². The Morgan fingerprint density at radius 2 is 1.76 bits per heavy atom. The molecule has 0 spiro atoms. The first kappa shape index (κ1) is 22.1. The molecule has 0 bridgehead atoms. The van der Waals surface area contributed by atoms with Crippen LogP contribution in [0.2, 0.25) is 0 Å². The van der Waals surface area contributed by atoms with Gasteiger partial charge in [0.25, 0.3) is 15.6 Å². The van der Waals surface area contributed by atoms with Crippen LogP contribution in [0.5, 0.6) is 11.6 Å². The number of methoxy groups -OCH3 is 2. The molecule has 3 aromatic heterocycles. The lowest BCUT2D eigenvalue weighted by Gasteiger charge is -2.13. The van der Waals surface area contributed by atoms with Crippen molar-refractivity contribution >= 4 is 21.4 Å². The third kappa shape index (κ3) is 4.20. The van der Waals surface area contributed by atoms with Crippen molar-refractivity contribution in [3.8, 4) is 22.8 Å². The summed E-state index contributed by atoms with van der Waals surface area (Å²) in [6.45, 7) is 0. The van der Waals surface area contributed by atoms with E-state index in [0.29, 0.717) is 22.8 Å². The van der Waals surface area contributed by atoms with Gasteiger partial charge in [-0.2, -0.15) is 0 Å². The number of sulfonamides is 1. The van der Waals surface area contributed by atoms with E-state index in [1.807, 2.05) is 0 Å². The maximum absolute atomic E-state index is 14.1. The molecular formula is C21H16F2N4O5S. The lowest BCUT2D eigenvalue weighted by atomic mass is 10.1. The van der Waals surface area contributed by atoms with E-state index in [9.17, 15) is 22.0 Å². The van der Waals surface area contributed by atoms with Gasteiger partial charge in [-0.25, -0.2) is 27.2 Å². The van der Waals surface area contributed by atoms with Crippen LogP contribution in [0.3, 0.4) is 0 Å². The largest absolute Gasteiger partial charge is 0.490 e. The standard InChI is InChI=1S/C21H16F2N4O5S/c1-31-17-10-24-19-6-3-12(11-27(19)21(17)28)13-7-16(20(32-2)25-9-13)26-33(29,30)18-5-4-14(22)8-15(18)23/h3-11,26H,1-2H3. The number of nitrogens with zero attached hydrogens (tertiary/aromatic N) is 3. The summed E-state index contributed by atoms with van der Waals surface area (Å²) in [4.78, 5) is 20.0. The average molecular weight is 474 g/mol. The molecular weight excluding hydrogens is 458 g/mol. The van der Waals surface area contributed by atoms with Crippen LogP contribution in [0.25, 0.3) is 16.8 Å². The van der Waals surface area contributed by atoms with Crippen molar-refractivity contribution in [3.05, 3.63) is 77.0 Å². The summed E-state index contributed by atoms with van der Waals surface area (Å²) in [6.07, 6.45) is 4.22. The van der Waals surface area contributed by atoms with Gasteiger partial charge in [0.15, 0.2) is 0 Å². The molecule has 3 heterocycles. The molecule has 4 rings (SSSR count). The minimum Gasteiger partial charge on any atom is -0.490 e. The number of hydrogen-bond acceptors (Lipinski definition) is 7. The number of ether oxygens (including phenoxy) is 2. The summed E-state index contributed by atoms with van der Waals surface area (Å²) in [5.74, 6) is -2.19. The van der Waals surface area contributed by atoms with Crippen LogP contribution >= 0.6 is 0 Å². The number of benzene rings is 1. The number of rotatable bonds is 6. The van der Waals surface area contributed by atoms with Crippen molar-refractivity contribution in [2.75, 3.05) is 18.9 Å². The minimum atomic E-state index is -4.44. The highest BCUT2D eigenvalue weighted by Gasteiger charge is 2.22. The van der Waals surface area contributed by atoms with Crippen LogP contribution in [0.15, 0.2) is 64.7 Å². The van der Waals surface area contributed by atoms with Crippen LogP contribution in [-0.2, 0) is 10.0 Å². The lowest BCUT2D eigenvalue weighted by molar-refractivity contribution is 0.400. The van der Waals surface area contributed by atoms with Crippen LogP contribution in [0.4, 0.5) is 14.5 Å². The number of pyridine rings is 2. The van der Waals surface area contributed by atoms with Gasteiger partial charge in [-0.1, -0.05) is 0 Å². The fourth-order valence-corrected chi connectivity index (χ4v) is 4.22. The Morgan fingerprint density at radius 3 is 2.45 bits per heavy atom. The first-order valence-electron chi connectivity index (χ1n) is 9.31. The number of hydrogen-bond donors (Lipinski definition) is 1. The van der Waals surface area contributed by atoms with Gasteiger partial charge in [-0.15, -0.1) is 0 Å². The van der Waals surface area contributed by atoms with Crippen LogP contribution < -0.4 is 19.8 Å². The van der Waals surface area contributed by atoms with Crippen molar-refractivity contribution in [2.45, 2.75) is 4.90 Å². The SMILES string of the molecule is COc1ncc(-c2ccc3ncc(OC)c(=O)n3c2)cc1NS(=O)(=O)c1ccc(F)cc1F. The molecule has 1 aromatic carbocycles. The first-order chi connectivity index (χ1) is 15.7. The number of aromatic nitrogens is 3. The zero-order valence-corrected chi connectivity index (χ0v) is 18.1. The van der Waals surface area contributed by atoms with Gasteiger partial charge in [0.05, 0.1) is 20.4 Å². The predicted molar refractivity (Wildman–Crippen MR) is 115 cm³/mol. The normalized spacial score (nSPS) is 11.4. The number of halogens is 2. The zero-order valence-electron chi connectivity index (χ0n) is 17.2. The molecule has 0 unspecified atom stereocenters. The van der Waals surface area contributed by atoms with Gasteiger partial charge < -0.3 is 9.47 Å². The average Bonchev–Trinajstić information content (AvgIpc) is 2.78. The van der Waals surface area contributed by atoms with Crippen molar-refractivity contribution in [1.82, 2.24) is 14.4 Å². The minimum absolute atomic E-state index is 0.0484. The molecule has 170 valence electrons. The Morgan fingerprint density at radius 1 is 0.970 bits per heavy atom. The summed E-state index contributed by atoms with van der Waals surface area (Å²) < 4.78 is 66.3. The van der Waals surface area contributed by atoms with Gasteiger partial charge in [-0.05, 0) is 30.3 Å². The van der Waals surface area contributed by atoms with Crippen LogP contribution in [0, 0.1) is 11.6 Å². The second-order valence-electron chi connectivity index (χ2n) is 6.74. The summed E-state index contributed by atoms with van der Waals surface area (Å²) in [7, 11) is -1.80. The quantitative estimate of drug-likeness (QED) is 0.457. The van der Waals surface area contributed by atoms with Gasteiger partial charge in [0, 0.05) is 29.6 Å². The Hall–Kier alpha value is -4.06. The molecule has 0 aliphatic heterocycles. The molecule has 1 N–H and O–H groups in total. The van der Waals surface area contributed by atoms with Gasteiger partial charge in [0.2, 0.25) is 11.6 Å². The molecule has 0 fully saturated rings. The second-order valence-corrected chi connectivity index (χ2v) is 8.39. The van der Waals surface area contributed by atoms with Crippen molar-refractivity contribution < 1.29 is 26.7 Å². The molecule has 33 heavy (non-hydrogen) atoms. The number of nitrogens with one attached hydrogen (secondary N) is 1. The van der Waals surface area contributed by atoms with E-state index in [2.05, 4.69) is 14.7 Å². The zero-order chi connectivity index (χ0) is 23.8. The topological polar surface area (TPSA) is 112 Å². The van der Waals surface area contributed by atoms with Crippen molar-refractivity contribution in [3.63, 3.8) is 0 Å². The number of anilines is 1. The van der Waals surface area contributed by atoms with E-state index in [0.717, 1.165) is 12.1 Å². The van der Waals surface area contributed by atoms with Crippen LogP contribution in [0.1, 0.15) is 0 Å². The third-order valence-corrected chi connectivity index (χ3v) is 6.09. The second kappa shape index (κ2) is 8.47. The van der Waals surface area contributed by atoms with Crippen molar-refractivity contribution in [1.29, 1.82) is 0 Å². The fourth-order valence-electron chi connectivity index (χ4n) is 3.11. The predicted octanol–water partition coefficient (Wildman–Crippen LogP) is 2.85. The highest BCUT2D eigenvalue weighted by molar-refractivity contribution is 7.92. The molecule has 9 nitrogen and oxygen atoms in total. The summed E-state index contributed by atoms with van der Waals surface area (Å²) in [5, 5.41) is 0. The van der Waals surface area contributed by atoms with Crippen molar-refractivity contribution in [2.24, 2.45) is 0 Å². The Balaban J connectivity index is 1.79. The summed E-state index contributed by atoms with van der Waals surface area (Å²) in [6, 6.07) is 6.78.